The van der Waals surface area contributed by atoms with E-state index >= 15 is 0 Å². The normalized spacial score (nSPS) is 12.4. The average molecular weight is 352 g/mol. The van der Waals surface area contributed by atoms with Gasteiger partial charge in [0.2, 0.25) is 0 Å². The fraction of sp³-hybridized carbons (Fsp3) is 0.444. The van der Waals surface area contributed by atoms with Crippen molar-refractivity contribution < 1.29 is 31.1 Å². The second-order valence-electron chi connectivity index (χ2n) is 3.52. The van der Waals surface area contributed by atoms with Crippen molar-refractivity contribution in [2.75, 3.05) is 19.8 Å². The van der Waals surface area contributed by atoms with Crippen molar-refractivity contribution >= 4 is 37.0 Å². The molecule has 0 radical (unpaired) electrons. The van der Waals surface area contributed by atoms with Crippen LogP contribution in [0.2, 0.25) is 0 Å². The Bertz CT molecular complexity index is 570. The van der Waals surface area contributed by atoms with E-state index < -0.39 is 27.7 Å². The predicted molar refractivity (Wildman–Crippen MR) is 66.6 cm³/mol. The molecule has 11 heteroatoms. The van der Waals surface area contributed by atoms with E-state index in [9.17, 15) is 26.4 Å². The van der Waals surface area contributed by atoms with E-state index in [-0.39, 0.29) is 22.9 Å². The fourth-order valence-corrected chi connectivity index (χ4v) is 3.04. The van der Waals surface area contributed by atoms with Gasteiger partial charge in [0, 0.05) is 22.6 Å². The summed E-state index contributed by atoms with van der Waals surface area (Å²) in [6.07, 6.45) is -4.42. The molecule has 0 aliphatic heterocycles. The minimum atomic E-state index is -4.42. The van der Waals surface area contributed by atoms with Crippen LogP contribution >= 0.6 is 22.0 Å². The standard InChI is InChI=1S/C9H9ClF3NO4S2/c10-20(16,17)7-3-6(4-19-7)8(15)14-1-2-18-5-9(11,12)13/h3-4H,1-2,5H2,(H,14,15). The summed E-state index contributed by atoms with van der Waals surface area (Å²) in [6, 6.07) is 1.08. The summed E-state index contributed by atoms with van der Waals surface area (Å²) in [5.74, 6) is -0.622. The Labute approximate surface area is 121 Å². The highest BCUT2D eigenvalue weighted by Gasteiger charge is 2.27. The van der Waals surface area contributed by atoms with Gasteiger partial charge in [-0.15, -0.1) is 11.3 Å². The molecule has 0 saturated carbocycles. The Hall–Kier alpha value is -0.840. The lowest BCUT2D eigenvalue weighted by Gasteiger charge is -2.07. The number of nitrogens with one attached hydrogen (secondary N) is 1. The lowest BCUT2D eigenvalue weighted by Crippen LogP contribution is -2.28. The SMILES string of the molecule is O=C(NCCOCC(F)(F)F)c1csc(S(=O)(=O)Cl)c1. The van der Waals surface area contributed by atoms with Crippen molar-refractivity contribution in [2.45, 2.75) is 10.4 Å². The maximum Gasteiger partial charge on any atom is 0.411 e. The van der Waals surface area contributed by atoms with Crippen LogP contribution < -0.4 is 5.32 Å². The number of carbonyl (C=O) groups excluding carboxylic acids is 1. The number of rotatable bonds is 6. The third-order valence-electron chi connectivity index (χ3n) is 1.88. The molecule has 0 bridgehead atoms. The summed E-state index contributed by atoms with van der Waals surface area (Å²) >= 11 is 0.771. The highest BCUT2D eigenvalue weighted by Crippen LogP contribution is 2.23. The Morgan fingerprint density at radius 3 is 2.60 bits per heavy atom. The summed E-state index contributed by atoms with van der Waals surface area (Å²) in [5, 5.41) is 3.57. The zero-order valence-corrected chi connectivity index (χ0v) is 12.1. The molecular weight excluding hydrogens is 343 g/mol. The Balaban J connectivity index is 2.39. The Morgan fingerprint density at radius 1 is 1.45 bits per heavy atom. The fourth-order valence-electron chi connectivity index (χ4n) is 1.09. The van der Waals surface area contributed by atoms with Gasteiger partial charge in [0.25, 0.3) is 15.0 Å². The van der Waals surface area contributed by atoms with Crippen molar-refractivity contribution in [1.82, 2.24) is 5.32 Å². The number of hydrogen-bond acceptors (Lipinski definition) is 5. The highest BCUT2D eigenvalue weighted by molar-refractivity contribution is 8.15. The average Bonchev–Trinajstić information content (AvgIpc) is 2.75. The highest BCUT2D eigenvalue weighted by atomic mass is 35.7. The first kappa shape index (κ1) is 17.2. The van der Waals surface area contributed by atoms with Gasteiger partial charge >= 0.3 is 6.18 Å². The van der Waals surface area contributed by atoms with Crippen LogP contribution in [0.1, 0.15) is 10.4 Å². The molecule has 0 unspecified atom stereocenters. The summed E-state index contributed by atoms with van der Waals surface area (Å²) in [5.41, 5.74) is 0.0602. The van der Waals surface area contributed by atoms with Crippen LogP contribution in [0.3, 0.4) is 0 Å². The van der Waals surface area contributed by atoms with Gasteiger partial charge in [-0.3, -0.25) is 4.79 Å². The molecule has 1 aromatic rings. The third-order valence-corrected chi connectivity index (χ3v) is 4.92. The summed E-state index contributed by atoms with van der Waals surface area (Å²) in [6.45, 7) is -1.83. The molecule has 5 nitrogen and oxygen atoms in total. The van der Waals surface area contributed by atoms with Gasteiger partial charge in [-0.1, -0.05) is 0 Å². The third kappa shape index (κ3) is 6.07. The monoisotopic (exact) mass is 351 g/mol. The number of alkyl halides is 3. The predicted octanol–water partition coefficient (Wildman–Crippen LogP) is 1.98. The zero-order chi connectivity index (χ0) is 15.4. The molecule has 0 aromatic carbocycles. The first-order valence-electron chi connectivity index (χ1n) is 5.05. The van der Waals surface area contributed by atoms with Gasteiger partial charge in [-0.05, 0) is 6.07 Å². The van der Waals surface area contributed by atoms with Gasteiger partial charge in [0.05, 0.1) is 12.2 Å². The molecule has 0 spiro atoms. The van der Waals surface area contributed by atoms with Crippen LogP contribution in [-0.2, 0) is 13.8 Å². The molecule has 0 saturated heterocycles. The van der Waals surface area contributed by atoms with E-state index in [1.54, 1.807) is 0 Å². The molecule has 0 fully saturated rings. The molecule has 0 aliphatic rings. The quantitative estimate of drug-likeness (QED) is 0.628. The first-order valence-corrected chi connectivity index (χ1v) is 8.24. The lowest BCUT2D eigenvalue weighted by atomic mass is 10.3. The van der Waals surface area contributed by atoms with Gasteiger partial charge in [-0.25, -0.2) is 8.42 Å². The van der Waals surface area contributed by atoms with Crippen LogP contribution in [0.5, 0.6) is 0 Å². The van der Waals surface area contributed by atoms with Crippen molar-refractivity contribution in [3.8, 4) is 0 Å². The molecule has 1 aromatic heterocycles. The number of amides is 1. The summed E-state index contributed by atoms with van der Waals surface area (Å²) in [7, 11) is 1.19. The number of ether oxygens (including phenoxy) is 1. The van der Waals surface area contributed by atoms with Crippen molar-refractivity contribution in [2.24, 2.45) is 0 Å². The van der Waals surface area contributed by atoms with E-state index in [1.165, 1.54) is 5.38 Å². The maximum absolute atomic E-state index is 11.7. The smallest absolute Gasteiger partial charge is 0.370 e. The molecule has 20 heavy (non-hydrogen) atoms. The second kappa shape index (κ2) is 6.74. The van der Waals surface area contributed by atoms with Gasteiger partial charge < -0.3 is 10.1 Å². The van der Waals surface area contributed by atoms with Crippen molar-refractivity contribution in [1.29, 1.82) is 0 Å². The zero-order valence-electron chi connectivity index (χ0n) is 9.74. The molecule has 1 amide bonds. The van der Waals surface area contributed by atoms with Crippen LogP contribution in [0.15, 0.2) is 15.7 Å². The minimum Gasteiger partial charge on any atom is -0.370 e. The van der Waals surface area contributed by atoms with Gasteiger partial charge in [0.15, 0.2) is 0 Å². The second-order valence-corrected chi connectivity index (χ2v) is 7.22. The number of hydrogen-bond donors (Lipinski definition) is 1. The summed E-state index contributed by atoms with van der Waals surface area (Å²) in [4.78, 5) is 11.5. The van der Waals surface area contributed by atoms with Gasteiger partial charge in [-0.2, -0.15) is 13.2 Å². The minimum absolute atomic E-state index is 0.0602. The number of carbonyl (C=O) groups is 1. The van der Waals surface area contributed by atoms with Crippen LogP contribution in [-0.4, -0.2) is 40.3 Å². The molecular formula is C9H9ClF3NO4S2. The van der Waals surface area contributed by atoms with Gasteiger partial charge in [0.1, 0.15) is 10.8 Å². The molecule has 1 rings (SSSR count). The Kier molecular flexibility index (Phi) is 5.80. The number of halogens is 4. The molecule has 114 valence electrons. The molecule has 0 aliphatic carbocycles. The van der Waals surface area contributed by atoms with E-state index in [4.69, 9.17) is 10.7 Å². The molecule has 0 atom stereocenters. The molecule has 1 heterocycles. The maximum atomic E-state index is 11.7. The largest absolute Gasteiger partial charge is 0.411 e. The topological polar surface area (TPSA) is 72.5 Å². The van der Waals surface area contributed by atoms with E-state index in [0.717, 1.165) is 17.4 Å². The van der Waals surface area contributed by atoms with E-state index in [0.29, 0.717) is 0 Å². The van der Waals surface area contributed by atoms with E-state index in [2.05, 4.69) is 10.1 Å². The van der Waals surface area contributed by atoms with Crippen LogP contribution in [0, 0.1) is 0 Å². The first-order chi connectivity index (χ1) is 9.09. The van der Waals surface area contributed by atoms with Crippen molar-refractivity contribution in [3.63, 3.8) is 0 Å². The lowest BCUT2D eigenvalue weighted by molar-refractivity contribution is -0.173. The van der Waals surface area contributed by atoms with E-state index in [1.807, 2.05) is 0 Å². The number of thiophene rings is 1. The van der Waals surface area contributed by atoms with Crippen LogP contribution in [0.25, 0.3) is 0 Å². The summed E-state index contributed by atoms with van der Waals surface area (Å²) < 4.78 is 61.3. The van der Waals surface area contributed by atoms with Crippen molar-refractivity contribution in [3.05, 3.63) is 17.0 Å². The molecule has 1 N–H and O–H groups in total. The van der Waals surface area contributed by atoms with Crippen LogP contribution in [0.4, 0.5) is 13.2 Å². The Morgan fingerprint density at radius 2 is 2.10 bits per heavy atom.